The van der Waals surface area contributed by atoms with E-state index < -0.39 is 11.9 Å². The topological polar surface area (TPSA) is 92.4 Å². The van der Waals surface area contributed by atoms with Gasteiger partial charge in [0, 0.05) is 11.4 Å². The average molecular weight is 386 g/mol. The van der Waals surface area contributed by atoms with E-state index in [1.54, 1.807) is 0 Å². The van der Waals surface area contributed by atoms with Gasteiger partial charge in [0.1, 0.15) is 0 Å². The summed E-state index contributed by atoms with van der Waals surface area (Å²) in [6.45, 7) is 3.18. The van der Waals surface area contributed by atoms with Gasteiger partial charge in [0.2, 0.25) is 0 Å². The number of hydrogen-bond acceptors (Lipinski definition) is 4. The van der Waals surface area contributed by atoms with Crippen LogP contribution >= 0.6 is 11.8 Å². The molecule has 0 saturated heterocycles. The molecule has 0 radical (unpaired) electrons. The van der Waals surface area contributed by atoms with Crippen LogP contribution in [0.2, 0.25) is 0 Å². The lowest BCUT2D eigenvalue weighted by Gasteiger charge is -2.05. The molecule has 142 valence electrons. The van der Waals surface area contributed by atoms with Gasteiger partial charge in [-0.1, -0.05) is 29.8 Å². The lowest BCUT2D eigenvalue weighted by molar-refractivity contribution is -0.159. The fourth-order valence-corrected chi connectivity index (χ4v) is 3.31. The lowest BCUT2D eigenvalue weighted by Crippen LogP contribution is -2.09. The van der Waals surface area contributed by atoms with Gasteiger partial charge >= 0.3 is 11.9 Å². The van der Waals surface area contributed by atoms with Gasteiger partial charge in [-0.3, -0.25) is 0 Å². The minimum atomic E-state index is -1.82. The van der Waals surface area contributed by atoms with Crippen molar-refractivity contribution >= 4 is 34.7 Å². The largest absolute Gasteiger partial charge is 0.473 e. The van der Waals surface area contributed by atoms with Crippen LogP contribution in [-0.2, 0) is 16.1 Å². The number of carboxylic acids is 2. The molecule has 6 nitrogen and oxygen atoms in total. The molecule has 1 aromatic heterocycles. The van der Waals surface area contributed by atoms with Gasteiger partial charge in [-0.05, 0) is 49.8 Å². The predicted octanol–water partition coefficient (Wildman–Crippen LogP) is 4.07. The van der Waals surface area contributed by atoms with Crippen molar-refractivity contribution in [1.82, 2.24) is 9.55 Å². The summed E-state index contributed by atoms with van der Waals surface area (Å²) in [6.07, 6.45) is 4.38. The molecule has 0 aliphatic heterocycles. The van der Waals surface area contributed by atoms with Crippen LogP contribution in [-0.4, -0.2) is 37.5 Å². The monoisotopic (exact) mass is 386 g/mol. The highest BCUT2D eigenvalue weighted by atomic mass is 32.2. The van der Waals surface area contributed by atoms with Crippen LogP contribution in [0, 0.1) is 6.92 Å². The number of aliphatic carboxylic acids is 2. The first-order valence-electron chi connectivity index (χ1n) is 8.53. The van der Waals surface area contributed by atoms with Gasteiger partial charge in [-0.15, -0.1) is 11.8 Å². The number of aryl methyl sites for hydroxylation is 2. The molecule has 0 fully saturated rings. The Morgan fingerprint density at radius 1 is 1.00 bits per heavy atom. The van der Waals surface area contributed by atoms with E-state index in [0.29, 0.717) is 0 Å². The minimum absolute atomic E-state index is 1.05. The molecule has 0 atom stereocenters. The number of nitrogens with zero attached hydrogens (tertiary/aromatic N) is 2. The van der Waals surface area contributed by atoms with Crippen molar-refractivity contribution in [3.63, 3.8) is 0 Å². The Kier molecular flexibility index (Phi) is 7.88. The molecule has 2 N–H and O–H groups in total. The first-order valence-corrected chi connectivity index (χ1v) is 9.51. The molecular weight excluding hydrogens is 364 g/mol. The molecule has 0 aliphatic rings. The van der Waals surface area contributed by atoms with Crippen LogP contribution in [0.1, 0.15) is 18.4 Å². The summed E-state index contributed by atoms with van der Waals surface area (Å²) < 4.78 is 2.26. The number of aromatic nitrogens is 2. The van der Waals surface area contributed by atoms with Gasteiger partial charge in [0.05, 0.1) is 17.4 Å². The SMILES string of the molecule is Cc1ccc(SCCCCn2cnc3ccccc32)cc1.O=C(O)C(=O)O. The smallest absolute Gasteiger partial charge is 0.414 e. The zero-order valence-corrected chi connectivity index (χ0v) is 15.9. The van der Waals surface area contributed by atoms with Crippen molar-refractivity contribution in [2.75, 3.05) is 5.75 Å². The van der Waals surface area contributed by atoms with E-state index in [4.69, 9.17) is 19.8 Å². The van der Waals surface area contributed by atoms with Crippen molar-refractivity contribution in [3.05, 3.63) is 60.4 Å². The van der Waals surface area contributed by atoms with Crippen LogP contribution in [0.5, 0.6) is 0 Å². The Labute approximate surface area is 161 Å². The Morgan fingerprint density at radius 2 is 1.67 bits per heavy atom. The summed E-state index contributed by atoms with van der Waals surface area (Å²) in [7, 11) is 0. The number of hydrogen-bond donors (Lipinski definition) is 2. The summed E-state index contributed by atoms with van der Waals surface area (Å²) in [5, 5.41) is 14.8. The highest BCUT2D eigenvalue weighted by molar-refractivity contribution is 7.99. The number of para-hydroxylation sites is 2. The second kappa shape index (κ2) is 10.4. The molecule has 7 heteroatoms. The van der Waals surface area contributed by atoms with E-state index in [1.807, 2.05) is 24.2 Å². The second-order valence-electron chi connectivity index (χ2n) is 5.91. The third-order valence-electron chi connectivity index (χ3n) is 3.79. The number of benzene rings is 2. The molecule has 0 amide bonds. The van der Waals surface area contributed by atoms with E-state index in [9.17, 15) is 0 Å². The molecule has 0 unspecified atom stereocenters. The van der Waals surface area contributed by atoms with Crippen LogP contribution in [0.25, 0.3) is 11.0 Å². The molecule has 2 aromatic carbocycles. The maximum absolute atomic E-state index is 9.10. The molecule has 0 saturated carbocycles. The van der Waals surface area contributed by atoms with E-state index in [0.717, 1.165) is 12.1 Å². The van der Waals surface area contributed by atoms with Gasteiger partial charge in [-0.2, -0.15) is 0 Å². The van der Waals surface area contributed by atoms with Crippen LogP contribution in [0.3, 0.4) is 0 Å². The third kappa shape index (κ3) is 6.79. The molecule has 3 rings (SSSR count). The quantitative estimate of drug-likeness (QED) is 0.377. The van der Waals surface area contributed by atoms with E-state index in [-0.39, 0.29) is 0 Å². The number of fused-ring (bicyclic) bond motifs is 1. The average Bonchev–Trinajstić information content (AvgIpc) is 3.07. The predicted molar refractivity (Wildman–Crippen MR) is 106 cm³/mol. The Balaban J connectivity index is 0.000000380. The Bertz CT molecular complexity index is 878. The molecule has 3 aromatic rings. The third-order valence-corrected chi connectivity index (χ3v) is 4.89. The normalized spacial score (nSPS) is 10.3. The van der Waals surface area contributed by atoms with Gasteiger partial charge in [0.15, 0.2) is 0 Å². The van der Waals surface area contributed by atoms with Gasteiger partial charge in [0.25, 0.3) is 0 Å². The summed E-state index contributed by atoms with van der Waals surface area (Å²) in [5.41, 5.74) is 3.65. The zero-order valence-electron chi connectivity index (χ0n) is 15.0. The van der Waals surface area contributed by atoms with E-state index >= 15 is 0 Å². The second-order valence-corrected chi connectivity index (χ2v) is 7.07. The Hall–Kier alpha value is -2.80. The minimum Gasteiger partial charge on any atom is -0.473 e. The van der Waals surface area contributed by atoms with E-state index in [1.165, 1.54) is 34.6 Å². The molecular formula is C20H22N2O4S. The first kappa shape index (κ1) is 20.5. The standard InChI is InChI=1S/C18H20N2S.C2H2O4/c1-15-8-10-16(11-9-15)21-13-5-4-12-20-14-19-17-6-2-3-7-18(17)20;3-1(4)2(5)6/h2-3,6-11,14H,4-5,12-13H2,1H3;(H,3,4)(H,5,6). The van der Waals surface area contributed by atoms with Crippen molar-refractivity contribution in [1.29, 1.82) is 0 Å². The van der Waals surface area contributed by atoms with Crippen LogP contribution in [0.4, 0.5) is 0 Å². The van der Waals surface area contributed by atoms with Crippen molar-refractivity contribution in [3.8, 4) is 0 Å². The summed E-state index contributed by atoms with van der Waals surface area (Å²) in [5.74, 6) is -2.47. The lowest BCUT2D eigenvalue weighted by atomic mass is 10.2. The molecule has 1 heterocycles. The summed E-state index contributed by atoms with van der Waals surface area (Å²) in [6, 6.07) is 17.1. The fraction of sp³-hybridized carbons (Fsp3) is 0.250. The van der Waals surface area contributed by atoms with Crippen molar-refractivity contribution < 1.29 is 19.8 Å². The number of carboxylic acid groups (broad SMARTS) is 2. The molecule has 0 aliphatic carbocycles. The maximum Gasteiger partial charge on any atom is 0.414 e. The highest BCUT2D eigenvalue weighted by Gasteiger charge is 2.04. The maximum atomic E-state index is 9.10. The van der Waals surface area contributed by atoms with E-state index in [2.05, 4.69) is 58.9 Å². The molecule has 0 bridgehead atoms. The highest BCUT2D eigenvalue weighted by Crippen LogP contribution is 2.20. The molecule has 0 spiro atoms. The molecule has 27 heavy (non-hydrogen) atoms. The fourth-order valence-electron chi connectivity index (χ4n) is 2.40. The number of unbranched alkanes of at least 4 members (excludes halogenated alkanes) is 1. The summed E-state index contributed by atoms with van der Waals surface area (Å²) >= 11 is 1.95. The van der Waals surface area contributed by atoms with Gasteiger partial charge < -0.3 is 14.8 Å². The van der Waals surface area contributed by atoms with Crippen LogP contribution in [0.15, 0.2) is 59.8 Å². The van der Waals surface area contributed by atoms with Crippen LogP contribution < -0.4 is 0 Å². The van der Waals surface area contributed by atoms with Crippen molar-refractivity contribution in [2.24, 2.45) is 0 Å². The number of rotatable bonds is 6. The Morgan fingerprint density at radius 3 is 2.33 bits per heavy atom. The first-order chi connectivity index (χ1) is 13.0. The number of imidazole rings is 1. The zero-order chi connectivity index (χ0) is 19.6. The number of thioether (sulfide) groups is 1. The number of carbonyl (C=O) groups is 2. The van der Waals surface area contributed by atoms with Crippen molar-refractivity contribution in [2.45, 2.75) is 31.2 Å². The summed E-state index contributed by atoms with van der Waals surface area (Å²) in [4.78, 5) is 24.0. The van der Waals surface area contributed by atoms with Gasteiger partial charge in [-0.25, -0.2) is 14.6 Å².